The Balaban J connectivity index is 2.13. The number of nitrogens with one attached hydrogen (secondary N) is 1. The Bertz CT molecular complexity index is 784. The van der Waals surface area contributed by atoms with Gasteiger partial charge in [-0.1, -0.05) is 11.6 Å². The highest BCUT2D eigenvalue weighted by atomic mass is 35.5. The van der Waals surface area contributed by atoms with Crippen LogP contribution in [0.3, 0.4) is 0 Å². The van der Waals surface area contributed by atoms with E-state index in [9.17, 15) is 26.4 Å². The molecule has 0 bridgehead atoms. The van der Waals surface area contributed by atoms with Crippen LogP contribution in [0.25, 0.3) is 0 Å². The molecule has 0 spiro atoms. The molecule has 1 aromatic rings. The Morgan fingerprint density at radius 1 is 1.35 bits per heavy atom. The molecule has 0 radical (unpaired) electrons. The molecule has 1 saturated heterocycles. The summed E-state index contributed by atoms with van der Waals surface area (Å²) < 4.78 is 64.3. The average Bonchev–Trinajstić information content (AvgIpc) is 2.55. The molecule has 2 rings (SSSR count). The highest BCUT2D eigenvalue weighted by Crippen LogP contribution is 2.36. The summed E-state index contributed by atoms with van der Waals surface area (Å²) in [5.41, 5.74) is -1.12. The number of benzene rings is 1. The predicted octanol–water partition coefficient (Wildman–Crippen LogP) is 3.25. The zero-order chi connectivity index (χ0) is 19.7. The van der Waals surface area contributed by atoms with Crippen molar-refractivity contribution < 1.29 is 26.4 Å². The normalized spacial score (nSPS) is 18.9. The summed E-state index contributed by atoms with van der Waals surface area (Å²) in [6, 6.07) is 2.40. The van der Waals surface area contributed by atoms with Crippen LogP contribution >= 0.6 is 11.6 Å². The molecule has 26 heavy (non-hydrogen) atoms. The van der Waals surface area contributed by atoms with E-state index >= 15 is 0 Å². The number of rotatable bonds is 3. The van der Waals surface area contributed by atoms with E-state index in [0.29, 0.717) is 19.4 Å². The Morgan fingerprint density at radius 2 is 2.00 bits per heavy atom. The van der Waals surface area contributed by atoms with Crippen molar-refractivity contribution in [3.05, 3.63) is 28.8 Å². The van der Waals surface area contributed by atoms with Gasteiger partial charge >= 0.3 is 12.2 Å². The fraction of sp³-hybridized carbons (Fsp3) is 0.533. The molecule has 1 N–H and O–H groups in total. The number of sulfonamides is 1. The molecule has 1 aliphatic rings. The second-order valence-electron chi connectivity index (χ2n) is 6.16. The van der Waals surface area contributed by atoms with Gasteiger partial charge in [-0.05, 0) is 31.0 Å². The standard InChI is InChI=1S/C15H19ClF3N3O3S/c1-21(2)26(24,25)11-4-3-7-22(9-11)14(23)20-10-5-6-13(16)12(8-10)15(17,18)19/h5-6,8,11H,3-4,7,9H2,1-2H3,(H,20,23). The Hall–Kier alpha value is -1.52. The molecular weight excluding hydrogens is 395 g/mol. The second-order valence-corrected chi connectivity index (χ2v) is 8.99. The first-order chi connectivity index (χ1) is 11.9. The molecule has 0 aliphatic carbocycles. The van der Waals surface area contributed by atoms with Gasteiger partial charge in [-0.25, -0.2) is 17.5 Å². The van der Waals surface area contributed by atoms with Gasteiger partial charge in [-0.15, -0.1) is 0 Å². The van der Waals surface area contributed by atoms with Crippen molar-refractivity contribution in [1.82, 2.24) is 9.21 Å². The van der Waals surface area contributed by atoms with E-state index < -0.39 is 38.1 Å². The number of piperidine rings is 1. The lowest BCUT2D eigenvalue weighted by molar-refractivity contribution is -0.137. The highest BCUT2D eigenvalue weighted by molar-refractivity contribution is 7.89. The number of carbonyl (C=O) groups is 1. The molecular formula is C15H19ClF3N3O3S. The maximum atomic E-state index is 12.9. The first-order valence-corrected chi connectivity index (χ1v) is 9.65. The quantitative estimate of drug-likeness (QED) is 0.827. The number of nitrogens with zero attached hydrogens (tertiary/aromatic N) is 2. The Kier molecular flexibility index (Phi) is 6.09. The van der Waals surface area contributed by atoms with Gasteiger partial charge in [0.05, 0.1) is 15.8 Å². The maximum Gasteiger partial charge on any atom is 0.417 e. The first-order valence-electron chi connectivity index (χ1n) is 7.77. The van der Waals surface area contributed by atoms with E-state index in [0.717, 1.165) is 16.4 Å². The van der Waals surface area contributed by atoms with Crippen LogP contribution in [0.15, 0.2) is 18.2 Å². The molecule has 2 amide bonds. The number of carbonyl (C=O) groups excluding carboxylic acids is 1. The summed E-state index contributed by atoms with van der Waals surface area (Å²) in [5.74, 6) is 0. The number of hydrogen-bond acceptors (Lipinski definition) is 3. The van der Waals surface area contributed by atoms with E-state index in [1.54, 1.807) is 0 Å². The lowest BCUT2D eigenvalue weighted by Gasteiger charge is -2.33. The number of anilines is 1. The van der Waals surface area contributed by atoms with Crippen LogP contribution in [-0.2, 0) is 16.2 Å². The molecule has 1 unspecified atom stereocenters. The smallest absolute Gasteiger partial charge is 0.323 e. The molecule has 0 aromatic heterocycles. The molecule has 1 aliphatic heterocycles. The van der Waals surface area contributed by atoms with Crippen molar-refractivity contribution in [3.63, 3.8) is 0 Å². The van der Waals surface area contributed by atoms with Gasteiger partial charge in [0.25, 0.3) is 0 Å². The van der Waals surface area contributed by atoms with Crippen molar-refractivity contribution in [2.45, 2.75) is 24.3 Å². The highest BCUT2D eigenvalue weighted by Gasteiger charge is 2.35. The van der Waals surface area contributed by atoms with Gasteiger partial charge in [0.2, 0.25) is 10.0 Å². The van der Waals surface area contributed by atoms with E-state index in [1.807, 2.05) is 0 Å². The molecule has 6 nitrogen and oxygen atoms in total. The second kappa shape index (κ2) is 7.61. The monoisotopic (exact) mass is 413 g/mol. The van der Waals surface area contributed by atoms with Crippen LogP contribution in [0.1, 0.15) is 18.4 Å². The van der Waals surface area contributed by atoms with Crippen LogP contribution in [0.4, 0.5) is 23.7 Å². The van der Waals surface area contributed by atoms with Gasteiger partial charge in [0.1, 0.15) is 0 Å². The minimum atomic E-state index is -4.65. The fourth-order valence-electron chi connectivity index (χ4n) is 2.69. The number of likely N-dealkylation sites (tertiary alicyclic amines) is 1. The van der Waals surface area contributed by atoms with Crippen molar-refractivity contribution in [2.75, 3.05) is 32.5 Å². The van der Waals surface area contributed by atoms with Crippen LogP contribution in [0, 0.1) is 0 Å². The third-order valence-corrected chi connectivity index (χ3v) is 6.69. The lowest BCUT2D eigenvalue weighted by Crippen LogP contribution is -2.49. The first kappa shape index (κ1) is 20.8. The summed E-state index contributed by atoms with van der Waals surface area (Å²) in [7, 11) is -0.691. The Labute approximate surface area is 155 Å². The summed E-state index contributed by atoms with van der Waals surface area (Å²) in [6.45, 7) is 0.303. The summed E-state index contributed by atoms with van der Waals surface area (Å²) in [5, 5.41) is 1.16. The fourth-order valence-corrected chi connectivity index (χ4v) is 4.34. The Morgan fingerprint density at radius 3 is 2.58 bits per heavy atom. The third-order valence-electron chi connectivity index (χ3n) is 4.12. The van der Waals surface area contributed by atoms with Gasteiger partial charge in [0.15, 0.2) is 0 Å². The molecule has 0 saturated carbocycles. The van der Waals surface area contributed by atoms with Gasteiger partial charge in [-0.2, -0.15) is 13.2 Å². The van der Waals surface area contributed by atoms with E-state index in [1.165, 1.54) is 25.1 Å². The van der Waals surface area contributed by atoms with Crippen molar-refractivity contribution in [3.8, 4) is 0 Å². The molecule has 11 heteroatoms. The van der Waals surface area contributed by atoms with E-state index in [2.05, 4.69) is 5.32 Å². The van der Waals surface area contributed by atoms with Crippen molar-refractivity contribution in [2.24, 2.45) is 0 Å². The minimum absolute atomic E-state index is 0.0218. The number of halogens is 4. The molecule has 1 aromatic carbocycles. The van der Waals surface area contributed by atoms with Crippen LogP contribution in [-0.4, -0.2) is 56.1 Å². The van der Waals surface area contributed by atoms with Crippen LogP contribution < -0.4 is 5.32 Å². The topological polar surface area (TPSA) is 69.7 Å². The van der Waals surface area contributed by atoms with E-state index in [-0.39, 0.29) is 12.2 Å². The van der Waals surface area contributed by atoms with Crippen molar-refractivity contribution in [1.29, 1.82) is 0 Å². The van der Waals surface area contributed by atoms with Crippen molar-refractivity contribution >= 4 is 33.3 Å². The molecule has 1 fully saturated rings. The zero-order valence-electron chi connectivity index (χ0n) is 14.2. The summed E-state index contributed by atoms with van der Waals surface area (Å²) >= 11 is 5.55. The zero-order valence-corrected chi connectivity index (χ0v) is 15.7. The minimum Gasteiger partial charge on any atom is -0.323 e. The number of urea groups is 1. The van der Waals surface area contributed by atoms with Crippen LogP contribution in [0.5, 0.6) is 0 Å². The summed E-state index contributed by atoms with van der Waals surface area (Å²) in [6.07, 6.45) is -3.74. The third kappa shape index (κ3) is 4.60. The molecule has 146 valence electrons. The number of alkyl halides is 3. The number of amides is 2. The SMILES string of the molecule is CN(C)S(=O)(=O)C1CCCN(C(=O)Nc2ccc(Cl)c(C(F)(F)F)c2)C1. The lowest BCUT2D eigenvalue weighted by atomic mass is 10.1. The van der Waals surface area contributed by atoms with Crippen LogP contribution in [0.2, 0.25) is 5.02 Å². The van der Waals surface area contributed by atoms with E-state index in [4.69, 9.17) is 11.6 Å². The van der Waals surface area contributed by atoms with Gasteiger partial charge in [0, 0.05) is 32.9 Å². The molecule has 1 heterocycles. The maximum absolute atomic E-state index is 12.9. The molecule has 1 atom stereocenters. The predicted molar refractivity (Wildman–Crippen MR) is 92.7 cm³/mol. The number of hydrogen-bond donors (Lipinski definition) is 1. The average molecular weight is 414 g/mol. The largest absolute Gasteiger partial charge is 0.417 e. The summed E-state index contributed by atoms with van der Waals surface area (Å²) in [4.78, 5) is 13.6. The van der Waals surface area contributed by atoms with Gasteiger partial charge in [-0.3, -0.25) is 0 Å². The van der Waals surface area contributed by atoms with Gasteiger partial charge < -0.3 is 10.2 Å².